The summed E-state index contributed by atoms with van der Waals surface area (Å²) >= 11 is 5.98. The highest BCUT2D eigenvalue weighted by atomic mass is 35.5. The zero-order chi connectivity index (χ0) is 19.2. The minimum absolute atomic E-state index is 0.0278. The van der Waals surface area contributed by atoms with E-state index in [4.69, 9.17) is 16.3 Å². The number of carbonyl (C=O) groups is 2. The van der Waals surface area contributed by atoms with E-state index in [0.29, 0.717) is 55.4 Å². The first-order valence-corrected chi connectivity index (χ1v) is 9.40. The van der Waals surface area contributed by atoms with Gasteiger partial charge in [-0.1, -0.05) is 29.8 Å². The molecule has 1 aliphatic heterocycles. The summed E-state index contributed by atoms with van der Waals surface area (Å²) in [6.45, 7) is 2.20. The maximum Gasteiger partial charge on any atom is 0.254 e. The number of carbonyl (C=O) groups excluding carboxylic acids is 2. The van der Waals surface area contributed by atoms with E-state index >= 15 is 0 Å². The molecule has 0 saturated carbocycles. The Balaban J connectivity index is 1.50. The van der Waals surface area contributed by atoms with Gasteiger partial charge >= 0.3 is 0 Å². The number of hydrogen-bond donors (Lipinski definition) is 0. The van der Waals surface area contributed by atoms with Crippen molar-refractivity contribution in [2.75, 3.05) is 33.3 Å². The Bertz CT molecular complexity index is 817. The lowest BCUT2D eigenvalue weighted by Gasteiger charge is -2.35. The van der Waals surface area contributed by atoms with E-state index in [-0.39, 0.29) is 11.8 Å². The minimum atomic E-state index is -0.0278. The highest BCUT2D eigenvalue weighted by Crippen LogP contribution is 2.16. The van der Waals surface area contributed by atoms with Gasteiger partial charge in [0.2, 0.25) is 5.91 Å². The Kier molecular flexibility index (Phi) is 6.35. The quantitative estimate of drug-likeness (QED) is 0.792. The van der Waals surface area contributed by atoms with Crippen molar-refractivity contribution in [1.82, 2.24) is 9.80 Å². The van der Waals surface area contributed by atoms with Crippen molar-refractivity contribution in [2.24, 2.45) is 0 Å². The van der Waals surface area contributed by atoms with Gasteiger partial charge in [-0.25, -0.2) is 0 Å². The standard InChI is InChI=1S/C21H23ClN2O3/c1-27-19-7-3-5-17(15-19)21(26)24-12-10-23(11-13-24)20(25)9-8-16-4-2-6-18(22)14-16/h2-7,14-15H,8-13H2,1H3. The lowest BCUT2D eigenvalue weighted by Crippen LogP contribution is -2.50. The van der Waals surface area contributed by atoms with Gasteiger partial charge in [0.25, 0.3) is 5.91 Å². The van der Waals surface area contributed by atoms with Crippen molar-refractivity contribution < 1.29 is 14.3 Å². The lowest BCUT2D eigenvalue weighted by molar-refractivity contribution is -0.132. The molecule has 27 heavy (non-hydrogen) atoms. The summed E-state index contributed by atoms with van der Waals surface area (Å²) in [5.74, 6) is 0.749. The molecule has 1 aliphatic rings. The van der Waals surface area contributed by atoms with E-state index in [2.05, 4.69) is 0 Å². The van der Waals surface area contributed by atoms with Crippen LogP contribution in [-0.4, -0.2) is 54.9 Å². The molecule has 6 heteroatoms. The predicted octanol–water partition coefficient (Wildman–Crippen LogP) is 3.27. The van der Waals surface area contributed by atoms with Crippen LogP contribution in [0.5, 0.6) is 5.75 Å². The van der Waals surface area contributed by atoms with Crippen LogP contribution in [0.15, 0.2) is 48.5 Å². The number of amides is 2. The Labute approximate surface area is 164 Å². The molecule has 0 bridgehead atoms. The molecule has 142 valence electrons. The number of halogens is 1. The van der Waals surface area contributed by atoms with Crippen molar-refractivity contribution >= 4 is 23.4 Å². The Hall–Kier alpha value is -2.53. The monoisotopic (exact) mass is 386 g/mol. The van der Waals surface area contributed by atoms with Crippen LogP contribution < -0.4 is 4.74 Å². The second kappa shape index (κ2) is 8.91. The summed E-state index contributed by atoms with van der Waals surface area (Å²) in [6.07, 6.45) is 1.12. The second-order valence-corrected chi connectivity index (χ2v) is 6.97. The summed E-state index contributed by atoms with van der Waals surface area (Å²) in [4.78, 5) is 28.7. The zero-order valence-electron chi connectivity index (χ0n) is 15.4. The maximum absolute atomic E-state index is 12.6. The summed E-state index contributed by atoms with van der Waals surface area (Å²) in [5.41, 5.74) is 1.66. The molecule has 0 unspecified atom stereocenters. The Morgan fingerprint density at radius 3 is 2.41 bits per heavy atom. The van der Waals surface area contributed by atoms with Crippen LogP contribution in [-0.2, 0) is 11.2 Å². The van der Waals surface area contributed by atoms with Gasteiger partial charge in [-0.05, 0) is 42.3 Å². The normalized spacial score (nSPS) is 14.1. The van der Waals surface area contributed by atoms with Crippen molar-refractivity contribution in [2.45, 2.75) is 12.8 Å². The Morgan fingerprint density at radius 1 is 1.00 bits per heavy atom. The molecule has 0 radical (unpaired) electrons. The maximum atomic E-state index is 12.6. The molecule has 0 atom stereocenters. The molecule has 0 spiro atoms. The van der Waals surface area contributed by atoms with Crippen LogP contribution in [0, 0.1) is 0 Å². The zero-order valence-corrected chi connectivity index (χ0v) is 16.1. The van der Waals surface area contributed by atoms with Gasteiger partial charge in [0.1, 0.15) is 5.75 Å². The molecule has 2 aromatic rings. The average molecular weight is 387 g/mol. The van der Waals surface area contributed by atoms with Gasteiger partial charge in [0.05, 0.1) is 7.11 Å². The van der Waals surface area contributed by atoms with Crippen molar-refractivity contribution in [3.05, 3.63) is 64.7 Å². The van der Waals surface area contributed by atoms with Crippen LogP contribution >= 0.6 is 11.6 Å². The molecular weight excluding hydrogens is 364 g/mol. The van der Waals surface area contributed by atoms with Crippen LogP contribution in [0.25, 0.3) is 0 Å². The number of methoxy groups -OCH3 is 1. The molecule has 2 aromatic carbocycles. The van der Waals surface area contributed by atoms with Crippen molar-refractivity contribution in [3.63, 3.8) is 0 Å². The number of nitrogens with zero attached hydrogens (tertiary/aromatic N) is 2. The SMILES string of the molecule is COc1cccc(C(=O)N2CCN(C(=O)CCc3cccc(Cl)c3)CC2)c1. The van der Waals surface area contributed by atoms with Crippen LogP contribution in [0.3, 0.4) is 0 Å². The van der Waals surface area contributed by atoms with Gasteiger partial charge in [0.15, 0.2) is 0 Å². The summed E-state index contributed by atoms with van der Waals surface area (Å²) in [6, 6.07) is 14.7. The van der Waals surface area contributed by atoms with Crippen molar-refractivity contribution in [3.8, 4) is 5.75 Å². The summed E-state index contributed by atoms with van der Waals surface area (Å²) in [5, 5.41) is 0.685. The van der Waals surface area contributed by atoms with Crippen LogP contribution in [0.1, 0.15) is 22.3 Å². The number of ether oxygens (including phenoxy) is 1. The number of benzene rings is 2. The van der Waals surface area contributed by atoms with Gasteiger partial charge < -0.3 is 14.5 Å². The third kappa shape index (κ3) is 5.01. The number of aryl methyl sites for hydroxylation is 1. The Morgan fingerprint density at radius 2 is 1.70 bits per heavy atom. The molecule has 5 nitrogen and oxygen atoms in total. The molecule has 0 aromatic heterocycles. The first kappa shape index (κ1) is 19.2. The third-order valence-corrected chi connectivity index (χ3v) is 4.99. The highest BCUT2D eigenvalue weighted by Gasteiger charge is 2.24. The molecule has 0 aliphatic carbocycles. The highest BCUT2D eigenvalue weighted by molar-refractivity contribution is 6.30. The lowest BCUT2D eigenvalue weighted by atomic mass is 10.1. The van der Waals surface area contributed by atoms with Crippen LogP contribution in [0.4, 0.5) is 0 Å². The summed E-state index contributed by atoms with van der Waals surface area (Å²) < 4.78 is 5.18. The second-order valence-electron chi connectivity index (χ2n) is 6.53. The topological polar surface area (TPSA) is 49.9 Å². The molecule has 1 saturated heterocycles. The fourth-order valence-corrected chi connectivity index (χ4v) is 3.41. The van der Waals surface area contributed by atoms with Gasteiger partial charge in [-0.2, -0.15) is 0 Å². The number of rotatable bonds is 5. The minimum Gasteiger partial charge on any atom is -0.497 e. The fourth-order valence-electron chi connectivity index (χ4n) is 3.20. The molecular formula is C21H23ClN2O3. The van der Waals surface area contributed by atoms with Gasteiger partial charge in [-0.15, -0.1) is 0 Å². The molecule has 1 heterocycles. The number of hydrogen-bond acceptors (Lipinski definition) is 3. The summed E-state index contributed by atoms with van der Waals surface area (Å²) in [7, 11) is 1.58. The first-order chi connectivity index (χ1) is 13.1. The van der Waals surface area contributed by atoms with Crippen molar-refractivity contribution in [1.29, 1.82) is 0 Å². The predicted molar refractivity (Wildman–Crippen MR) is 105 cm³/mol. The van der Waals surface area contributed by atoms with E-state index in [1.807, 2.05) is 41.3 Å². The molecule has 2 amide bonds. The van der Waals surface area contributed by atoms with E-state index < -0.39 is 0 Å². The smallest absolute Gasteiger partial charge is 0.254 e. The largest absolute Gasteiger partial charge is 0.497 e. The third-order valence-electron chi connectivity index (χ3n) is 4.75. The van der Waals surface area contributed by atoms with Gasteiger partial charge in [-0.3, -0.25) is 9.59 Å². The van der Waals surface area contributed by atoms with E-state index in [0.717, 1.165) is 5.56 Å². The fraction of sp³-hybridized carbons (Fsp3) is 0.333. The molecule has 3 rings (SSSR count). The van der Waals surface area contributed by atoms with Crippen LogP contribution in [0.2, 0.25) is 5.02 Å². The van der Waals surface area contributed by atoms with Gasteiger partial charge in [0, 0.05) is 43.2 Å². The number of piperazine rings is 1. The van der Waals surface area contributed by atoms with E-state index in [9.17, 15) is 9.59 Å². The average Bonchev–Trinajstić information content (AvgIpc) is 2.71. The van der Waals surface area contributed by atoms with E-state index in [1.54, 1.807) is 24.1 Å². The first-order valence-electron chi connectivity index (χ1n) is 9.02. The molecule has 1 fully saturated rings. The van der Waals surface area contributed by atoms with E-state index in [1.165, 1.54) is 0 Å². The molecule has 0 N–H and O–H groups in total.